The normalized spacial score (nSPS) is 35.9. The van der Waals surface area contributed by atoms with Crippen LogP contribution in [-0.2, 0) is 4.79 Å². The summed E-state index contributed by atoms with van der Waals surface area (Å²) >= 11 is 0. The SMILES string of the molecule is CC1CCCCC1NC(=O)CCC1CCC(N)CC1. The highest BCUT2D eigenvalue weighted by molar-refractivity contribution is 5.76. The summed E-state index contributed by atoms with van der Waals surface area (Å²) in [5, 5.41) is 3.25. The maximum Gasteiger partial charge on any atom is 0.220 e. The van der Waals surface area contributed by atoms with Crippen LogP contribution in [0, 0.1) is 11.8 Å². The summed E-state index contributed by atoms with van der Waals surface area (Å²) in [6.45, 7) is 2.27. The van der Waals surface area contributed by atoms with Gasteiger partial charge in [0.25, 0.3) is 0 Å². The Bertz CT molecular complexity index is 284. The van der Waals surface area contributed by atoms with Crippen LogP contribution in [0.2, 0.25) is 0 Å². The van der Waals surface area contributed by atoms with Gasteiger partial charge >= 0.3 is 0 Å². The molecule has 0 aromatic carbocycles. The summed E-state index contributed by atoms with van der Waals surface area (Å²) < 4.78 is 0. The molecule has 1 amide bonds. The second-order valence-corrected chi connectivity index (χ2v) is 6.76. The Morgan fingerprint density at radius 2 is 1.79 bits per heavy atom. The summed E-state index contributed by atoms with van der Waals surface area (Å²) in [4.78, 5) is 12.0. The Morgan fingerprint density at radius 3 is 2.47 bits per heavy atom. The fourth-order valence-electron chi connectivity index (χ4n) is 3.62. The van der Waals surface area contributed by atoms with Gasteiger partial charge in [0, 0.05) is 18.5 Å². The largest absolute Gasteiger partial charge is 0.353 e. The highest BCUT2D eigenvalue weighted by atomic mass is 16.1. The number of carbonyl (C=O) groups excluding carboxylic acids is 1. The van der Waals surface area contributed by atoms with Crippen molar-refractivity contribution in [3.63, 3.8) is 0 Å². The molecule has 2 aliphatic rings. The molecule has 2 atom stereocenters. The number of rotatable bonds is 4. The molecule has 110 valence electrons. The molecule has 0 aromatic heterocycles. The van der Waals surface area contributed by atoms with Gasteiger partial charge in [0.1, 0.15) is 0 Å². The molecule has 0 heterocycles. The van der Waals surface area contributed by atoms with E-state index in [0.717, 1.165) is 25.2 Å². The Balaban J connectivity index is 1.64. The van der Waals surface area contributed by atoms with Crippen LogP contribution in [0.3, 0.4) is 0 Å². The third-order valence-corrected chi connectivity index (χ3v) is 5.13. The zero-order valence-corrected chi connectivity index (χ0v) is 12.4. The Labute approximate surface area is 117 Å². The molecule has 3 N–H and O–H groups in total. The van der Waals surface area contributed by atoms with Crippen molar-refractivity contribution >= 4 is 5.91 Å². The van der Waals surface area contributed by atoms with Gasteiger partial charge < -0.3 is 11.1 Å². The lowest BCUT2D eigenvalue weighted by Crippen LogP contribution is -2.41. The molecule has 0 aliphatic heterocycles. The summed E-state index contributed by atoms with van der Waals surface area (Å²) in [6, 6.07) is 0.842. The second-order valence-electron chi connectivity index (χ2n) is 6.76. The van der Waals surface area contributed by atoms with Crippen LogP contribution < -0.4 is 11.1 Å². The number of nitrogens with one attached hydrogen (secondary N) is 1. The van der Waals surface area contributed by atoms with E-state index in [1.165, 1.54) is 38.5 Å². The minimum absolute atomic E-state index is 0.272. The minimum Gasteiger partial charge on any atom is -0.353 e. The van der Waals surface area contributed by atoms with Crippen LogP contribution in [0.1, 0.15) is 71.1 Å². The zero-order chi connectivity index (χ0) is 13.7. The van der Waals surface area contributed by atoms with Gasteiger partial charge in [-0.2, -0.15) is 0 Å². The fourth-order valence-corrected chi connectivity index (χ4v) is 3.62. The standard InChI is InChI=1S/C16H30N2O/c1-12-4-2-3-5-15(12)18-16(19)11-8-13-6-9-14(17)10-7-13/h12-15H,2-11,17H2,1H3,(H,18,19). The molecule has 0 spiro atoms. The lowest BCUT2D eigenvalue weighted by atomic mass is 9.83. The van der Waals surface area contributed by atoms with Crippen LogP contribution >= 0.6 is 0 Å². The number of hydrogen-bond acceptors (Lipinski definition) is 2. The lowest BCUT2D eigenvalue weighted by molar-refractivity contribution is -0.122. The van der Waals surface area contributed by atoms with Gasteiger partial charge in [-0.3, -0.25) is 4.79 Å². The monoisotopic (exact) mass is 266 g/mol. The van der Waals surface area contributed by atoms with Gasteiger partial charge in [0.05, 0.1) is 0 Å². The molecular weight excluding hydrogens is 236 g/mol. The quantitative estimate of drug-likeness (QED) is 0.822. The van der Waals surface area contributed by atoms with Crippen molar-refractivity contribution in [2.45, 2.75) is 83.2 Å². The molecule has 2 rings (SSSR count). The first kappa shape index (κ1) is 14.8. The van der Waals surface area contributed by atoms with Crippen LogP contribution in [0.15, 0.2) is 0 Å². The first-order chi connectivity index (χ1) is 9.15. The van der Waals surface area contributed by atoms with Gasteiger partial charge in [-0.15, -0.1) is 0 Å². The highest BCUT2D eigenvalue weighted by Crippen LogP contribution is 2.27. The van der Waals surface area contributed by atoms with Crippen LogP contribution in [0.25, 0.3) is 0 Å². The number of amides is 1. The van der Waals surface area contributed by atoms with E-state index in [9.17, 15) is 4.79 Å². The summed E-state index contributed by atoms with van der Waals surface area (Å²) in [6.07, 6.45) is 11.5. The molecule has 19 heavy (non-hydrogen) atoms. The number of carbonyl (C=O) groups is 1. The summed E-state index contributed by atoms with van der Waals surface area (Å²) in [5.74, 6) is 1.66. The van der Waals surface area contributed by atoms with Crippen molar-refractivity contribution in [2.75, 3.05) is 0 Å². The third-order valence-electron chi connectivity index (χ3n) is 5.13. The van der Waals surface area contributed by atoms with Crippen LogP contribution in [0.4, 0.5) is 0 Å². The third kappa shape index (κ3) is 4.79. The topological polar surface area (TPSA) is 55.1 Å². The van der Waals surface area contributed by atoms with E-state index in [0.29, 0.717) is 24.4 Å². The maximum absolute atomic E-state index is 12.0. The predicted molar refractivity (Wildman–Crippen MR) is 78.7 cm³/mol. The van der Waals surface area contributed by atoms with E-state index in [1.807, 2.05) is 0 Å². The van der Waals surface area contributed by atoms with Crippen molar-refractivity contribution in [3.8, 4) is 0 Å². The highest BCUT2D eigenvalue weighted by Gasteiger charge is 2.23. The minimum atomic E-state index is 0.272. The van der Waals surface area contributed by atoms with E-state index in [4.69, 9.17) is 5.73 Å². The molecule has 0 saturated heterocycles. The molecule has 2 unspecified atom stereocenters. The maximum atomic E-state index is 12.0. The average Bonchev–Trinajstić information content (AvgIpc) is 2.41. The number of nitrogens with two attached hydrogens (primary N) is 1. The van der Waals surface area contributed by atoms with Gasteiger partial charge in [0.2, 0.25) is 5.91 Å². The molecule has 3 nitrogen and oxygen atoms in total. The predicted octanol–water partition coefficient (Wildman–Crippen LogP) is 2.98. The lowest BCUT2D eigenvalue weighted by Gasteiger charge is -2.30. The van der Waals surface area contributed by atoms with Crippen LogP contribution in [0.5, 0.6) is 0 Å². The summed E-state index contributed by atoms with van der Waals surface area (Å²) in [7, 11) is 0. The van der Waals surface area contributed by atoms with Crippen LogP contribution in [-0.4, -0.2) is 18.0 Å². The molecule has 2 aliphatic carbocycles. The second kappa shape index (κ2) is 7.28. The fraction of sp³-hybridized carbons (Fsp3) is 0.938. The zero-order valence-electron chi connectivity index (χ0n) is 12.4. The van der Waals surface area contributed by atoms with Gasteiger partial charge in [-0.05, 0) is 56.8 Å². The van der Waals surface area contributed by atoms with Gasteiger partial charge in [0.15, 0.2) is 0 Å². The summed E-state index contributed by atoms with van der Waals surface area (Å²) in [5.41, 5.74) is 5.91. The molecule has 0 aromatic rings. The molecule has 2 fully saturated rings. The molecule has 0 bridgehead atoms. The molecule has 3 heteroatoms. The van der Waals surface area contributed by atoms with Crippen molar-refractivity contribution in [3.05, 3.63) is 0 Å². The smallest absolute Gasteiger partial charge is 0.220 e. The van der Waals surface area contributed by atoms with Gasteiger partial charge in [-0.1, -0.05) is 19.8 Å². The molecule has 2 saturated carbocycles. The molecular formula is C16H30N2O. The van der Waals surface area contributed by atoms with Crippen molar-refractivity contribution in [1.29, 1.82) is 0 Å². The first-order valence-electron chi connectivity index (χ1n) is 8.20. The van der Waals surface area contributed by atoms with Crippen molar-refractivity contribution in [2.24, 2.45) is 17.6 Å². The van der Waals surface area contributed by atoms with E-state index >= 15 is 0 Å². The molecule has 0 radical (unpaired) electrons. The average molecular weight is 266 g/mol. The van der Waals surface area contributed by atoms with E-state index in [-0.39, 0.29) is 5.91 Å². The Kier molecular flexibility index (Phi) is 5.68. The first-order valence-corrected chi connectivity index (χ1v) is 8.20. The van der Waals surface area contributed by atoms with E-state index in [2.05, 4.69) is 12.2 Å². The van der Waals surface area contributed by atoms with Crippen molar-refractivity contribution in [1.82, 2.24) is 5.32 Å². The Morgan fingerprint density at radius 1 is 1.11 bits per heavy atom. The van der Waals surface area contributed by atoms with Crippen molar-refractivity contribution < 1.29 is 4.79 Å². The van der Waals surface area contributed by atoms with E-state index in [1.54, 1.807) is 0 Å². The number of hydrogen-bond donors (Lipinski definition) is 2. The Hall–Kier alpha value is -0.570. The van der Waals surface area contributed by atoms with E-state index < -0.39 is 0 Å². The van der Waals surface area contributed by atoms with Gasteiger partial charge in [-0.25, -0.2) is 0 Å².